The summed E-state index contributed by atoms with van der Waals surface area (Å²) in [5.74, 6) is -0.0231. The van der Waals surface area contributed by atoms with Gasteiger partial charge in [0.1, 0.15) is 29.0 Å². The Bertz CT molecular complexity index is 1490. The largest absolute Gasteiger partial charge is 0.573 e. The molecule has 1 fully saturated rings. The van der Waals surface area contributed by atoms with E-state index >= 15 is 0 Å². The van der Waals surface area contributed by atoms with E-state index in [4.69, 9.17) is 5.26 Å². The first kappa shape index (κ1) is 23.3. The van der Waals surface area contributed by atoms with Crippen molar-refractivity contribution in [3.63, 3.8) is 0 Å². The number of carbonyl (C=O) groups is 1. The number of hydrogen-bond acceptors (Lipinski definition) is 6. The summed E-state index contributed by atoms with van der Waals surface area (Å²) in [6.45, 7) is 1.71. The number of alkyl halides is 3. The van der Waals surface area contributed by atoms with Crippen molar-refractivity contribution in [1.82, 2.24) is 24.8 Å². The van der Waals surface area contributed by atoms with E-state index in [2.05, 4.69) is 25.0 Å². The van der Waals surface area contributed by atoms with E-state index in [1.54, 1.807) is 48.0 Å². The number of fused-ring (bicyclic) bond motifs is 1. The Morgan fingerprint density at radius 2 is 2.03 bits per heavy atom. The molecule has 0 spiro atoms. The van der Waals surface area contributed by atoms with Gasteiger partial charge in [0.2, 0.25) is 0 Å². The SMILES string of the molecule is C[C@H](NC(=O)c1cc(OC(F)(F)F)cc(C2CC2)c1)c1nc2cccnc2n1-c1ccc(C#N)cn1. The van der Waals surface area contributed by atoms with E-state index < -0.39 is 24.1 Å². The highest BCUT2D eigenvalue weighted by Crippen LogP contribution is 2.42. The Labute approximate surface area is 203 Å². The van der Waals surface area contributed by atoms with Gasteiger partial charge in [0.15, 0.2) is 5.65 Å². The molecule has 0 aliphatic heterocycles. The molecule has 3 aromatic heterocycles. The molecule has 1 aliphatic rings. The van der Waals surface area contributed by atoms with Gasteiger partial charge in [-0.1, -0.05) is 0 Å². The van der Waals surface area contributed by atoms with Crippen LogP contribution in [-0.4, -0.2) is 31.8 Å². The molecule has 5 rings (SSSR count). The van der Waals surface area contributed by atoms with Crippen LogP contribution in [0.5, 0.6) is 5.75 Å². The molecule has 11 heteroatoms. The molecule has 1 atom stereocenters. The Kier molecular flexibility index (Phi) is 5.80. The van der Waals surface area contributed by atoms with E-state index in [1.165, 1.54) is 12.3 Å². The minimum absolute atomic E-state index is 0.0581. The smallest absolute Gasteiger partial charge is 0.406 e. The summed E-state index contributed by atoms with van der Waals surface area (Å²) in [5, 5.41) is 11.9. The molecular formula is C25H19F3N6O2. The number of carbonyl (C=O) groups excluding carboxylic acids is 1. The molecule has 1 aliphatic carbocycles. The molecule has 0 bridgehead atoms. The van der Waals surface area contributed by atoms with Crippen LogP contribution in [0.2, 0.25) is 0 Å². The second kappa shape index (κ2) is 8.96. The van der Waals surface area contributed by atoms with Crippen LogP contribution < -0.4 is 10.1 Å². The normalized spacial score (nSPS) is 14.3. The molecule has 1 saturated carbocycles. The summed E-state index contributed by atoms with van der Waals surface area (Å²) in [5.41, 5.74) is 2.14. The standard InChI is InChI=1S/C25H19F3N6O2/c1-14(32-24(35)18-9-17(16-5-6-16)10-19(11-18)36-25(26,27)28)22-33-20-3-2-8-30-23(20)34(22)21-7-4-15(12-29)13-31-21/h2-4,7-11,13-14,16H,5-6H2,1H3,(H,32,35)/t14-/m0/s1. The van der Waals surface area contributed by atoms with Gasteiger partial charge >= 0.3 is 6.36 Å². The third-order valence-corrected chi connectivity index (χ3v) is 5.76. The molecule has 36 heavy (non-hydrogen) atoms. The van der Waals surface area contributed by atoms with Crippen molar-refractivity contribution in [2.24, 2.45) is 0 Å². The summed E-state index contributed by atoms with van der Waals surface area (Å²) in [6.07, 6.45) is -0.149. The van der Waals surface area contributed by atoms with Crippen LogP contribution in [0.25, 0.3) is 17.0 Å². The number of nitriles is 1. The average molecular weight is 492 g/mol. The van der Waals surface area contributed by atoms with Crippen molar-refractivity contribution in [3.05, 3.63) is 77.4 Å². The Balaban J connectivity index is 1.48. The fraction of sp³-hybridized carbons (Fsp3) is 0.240. The molecule has 0 radical (unpaired) electrons. The number of hydrogen-bond donors (Lipinski definition) is 1. The average Bonchev–Trinajstić information content (AvgIpc) is 3.63. The first-order valence-corrected chi connectivity index (χ1v) is 11.1. The number of halogens is 3. The number of pyridine rings is 2. The van der Waals surface area contributed by atoms with Crippen LogP contribution in [0.1, 0.15) is 59.0 Å². The van der Waals surface area contributed by atoms with Crippen LogP contribution in [-0.2, 0) is 0 Å². The Hall–Kier alpha value is -4.46. The third kappa shape index (κ3) is 4.84. The summed E-state index contributed by atoms with van der Waals surface area (Å²) in [7, 11) is 0. The minimum Gasteiger partial charge on any atom is -0.406 e. The zero-order valence-corrected chi connectivity index (χ0v) is 19.0. The molecule has 1 N–H and O–H groups in total. The number of benzene rings is 1. The zero-order chi connectivity index (χ0) is 25.4. The number of ether oxygens (including phenoxy) is 1. The summed E-state index contributed by atoms with van der Waals surface area (Å²) >= 11 is 0. The molecular weight excluding hydrogens is 473 g/mol. The zero-order valence-electron chi connectivity index (χ0n) is 19.0. The molecule has 1 amide bonds. The van der Waals surface area contributed by atoms with Crippen molar-refractivity contribution in [2.45, 2.75) is 38.1 Å². The fourth-order valence-electron chi connectivity index (χ4n) is 3.97. The lowest BCUT2D eigenvalue weighted by atomic mass is 10.1. The number of nitrogens with zero attached hydrogens (tertiary/aromatic N) is 5. The lowest BCUT2D eigenvalue weighted by molar-refractivity contribution is -0.274. The highest BCUT2D eigenvalue weighted by atomic mass is 19.4. The molecule has 182 valence electrons. The molecule has 4 aromatic rings. The van der Waals surface area contributed by atoms with E-state index in [-0.39, 0.29) is 11.5 Å². The van der Waals surface area contributed by atoms with E-state index in [0.717, 1.165) is 18.9 Å². The van der Waals surface area contributed by atoms with Gasteiger partial charge in [-0.2, -0.15) is 5.26 Å². The van der Waals surface area contributed by atoms with Gasteiger partial charge in [0.25, 0.3) is 5.91 Å². The van der Waals surface area contributed by atoms with Gasteiger partial charge in [0, 0.05) is 18.0 Å². The fourth-order valence-corrected chi connectivity index (χ4v) is 3.97. The highest BCUT2D eigenvalue weighted by Gasteiger charge is 2.33. The van der Waals surface area contributed by atoms with Gasteiger partial charge in [-0.05, 0) is 73.7 Å². The van der Waals surface area contributed by atoms with Crippen molar-refractivity contribution >= 4 is 17.1 Å². The molecule has 0 saturated heterocycles. The maximum atomic E-state index is 13.1. The lowest BCUT2D eigenvalue weighted by Gasteiger charge is -2.17. The first-order valence-electron chi connectivity index (χ1n) is 11.1. The van der Waals surface area contributed by atoms with E-state index in [0.29, 0.717) is 33.9 Å². The van der Waals surface area contributed by atoms with E-state index in [9.17, 15) is 18.0 Å². The maximum absolute atomic E-state index is 13.1. The van der Waals surface area contributed by atoms with Crippen molar-refractivity contribution in [3.8, 4) is 17.6 Å². The van der Waals surface area contributed by atoms with Gasteiger partial charge in [-0.3, -0.25) is 9.36 Å². The number of rotatable bonds is 6. The highest BCUT2D eigenvalue weighted by molar-refractivity contribution is 5.95. The third-order valence-electron chi connectivity index (χ3n) is 5.76. The number of imidazole rings is 1. The van der Waals surface area contributed by atoms with Crippen LogP contribution in [0.3, 0.4) is 0 Å². The summed E-state index contributed by atoms with van der Waals surface area (Å²) in [6, 6.07) is 12.1. The van der Waals surface area contributed by atoms with Crippen LogP contribution >= 0.6 is 0 Å². The second-order valence-electron chi connectivity index (χ2n) is 8.48. The van der Waals surface area contributed by atoms with Crippen molar-refractivity contribution in [1.29, 1.82) is 5.26 Å². The predicted molar refractivity (Wildman–Crippen MR) is 122 cm³/mol. The first-order chi connectivity index (χ1) is 17.2. The van der Waals surface area contributed by atoms with Crippen molar-refractivity contribution in [2.75, 3.05) is 0 Å². The summed E-state index contributed by atoms with van der Waals surface area (Å²) < 4.78 is 44.3. The molecule has 0 unspecified atom stereocenters. The van der Waals surface area contributed by atoms with Crippen molar-refractivity contribution < 1.29 is 22.7 Å². The van der Waals surface area contributed by atoms with Gasteiger partial charge in [0.05, 0.1) is 11.6 Å². The van der Waals surface area contributed by atoms with Gasteiger partial charge in [-0.25, -0.2) is 15.0 Å². The maximum Gasteiger partial charge on any atom is 0.573 e. The van der Waals surface area contributed by atoms with Gasteiger partial charge < -0.3 is 10.1 Å². The van der Waals surface area contributed by atoms with E-state index in [1.807, 2.05) is 6.07 Å². The molecule has 8 nitrogen and oxygen atoms in total. The Morgan fingerprint density at radius 3 is 2.69 bits per heavy atom. The Morgan fingerprint density at radius 1 is 1.22 bits per heavy atom. The number of nitrogens with one attached hydrogen (secondary N) is 1. The van der Waals surface area contributed by atoms with Crippen LogP contribution in [0.15, 0.2) is 54.9 Å². The number of amides is 1. The van der Waals surface area contributed by atoms with Crippen LogP contribution in [0.4, 0.5) is 13.2 Å². The second-order valence-corrected chi connectivity index (χ2v) is 8.48. The van der Waals surface area contributed by atoms with Gasteiger partial charge in [-0.15, -0.1) is 13.2 Å². The lowest BCUT2D eigenvalue weighted by Crippen LogP contribution is -2.29. The monoisotopic (exact) mass is 492 g/mol. The van der Waals surface area contributed by atoms with Crippen LogP contribution in [0, 0.1) is 11.3 Å². The predicted octanol–water partition coefficient (Wildman–Crippen LogP) is 4.95. The quantitative estimate of drug-likeness (QED) is 0.408. The topological polar surface area (TPSA) is 106 Å². The number of aromatic nitrogens is 4. The minimum atomic E-state index is -4.87. The summed E-state index contributed by atoms with van der Waals surface area (Å²) in [4.78, 5) is 26.5. The molecule has 3 heterocycles. The molecule has 1 aromatic carbocycles.